The second kappa shape index (κ2) is 7.56. The Kier molecular flexibility index (Phi) is 5.34. The lowest BCUT2D eigenvalue weighted by Gasteiger charge is -2.45. The van der Waals surface area contributed by atoms with E-state index < -0.39 is 17.5 Å². The smallest absolute Gasteiger partial charge is 0.194 e. The summed E-state index contributed by atoms with van der Waals surface area (Å²) in [5.74, 6) is 0.647. The van der Waals surface area contributed by atoms with Gasteiger partial charge in [-0.25, -0.2) is 13.2 Å². The summed E-state index contributed by atoms with van der Waals surface area (Å²) in [6.45, 7) is 2.29. The van der Waals surface area contributed by atoms with Crippen LogP contribution >= 0.6 is 0 Å². The van der Waals surface area contributed by atoms with Gasteiger partial charge in [-0.15, -0.1) is 0 Å². The Bertz CT molecular complexity index is 653. The number of hydrogen-bond acceptors (Lipinski definition) is 0. The Hall–Kier alpha value is -0.990. The number of rotatable bonds is 3. The van der Waals surface area contributed by atoms with Gasteiger partial charge in [-0.3, -0.25) is 0 Å². The van der Waals surface area contributed by atoms with Gasteiger partial charge in [0.05, 0.1) is 0 Å². The lowest BCUT2D eigenvalue weighted by Crippen LogP contribution is -2.35. The molecule has 3 heteroatoms. The Morgan fingerprint density at radius 1 is 0.846 bits per heavy atom. The zero-order chi connectivity index (χ0) is 18.3. The molecule has 0 N–H and O–H groups in total. The van der Waals surface area contributed by atoms with Crippen molar-refractivity contribution in [3.8, 4) is 0 Å². The molecule has 0 heterocycles. The van der Waals surface area contributed by atoms with E-state index in [1.807, 2.05) is 0 Å². The molecule has 0 aliphatic heterocycles. The minimum atomic E-state index is -1.30. The largest absolute Gasteiger partial charge is 0.204 e. The molecule has 5 unspecified atom stereocenters. The fraction of sp³-hybridized carbons (Fsp3) is 0.739. The van der Waals surface area contributed by atoms with Crippen molar-refractivity contribution in [2.24, 2.45) is 29.6 Å². The van der Waals surface area contributed by atoms with E-state index in [2.05, 4.69) is 6.92 Å². The van der Waals surface area contributed by atoms with E-state index in [0.29, 0.717) is 29.4 Å². The molecule has 5 atom stereocenters. The monoisotopic (exact) mass is 364 g/mol. The van der Waals surface area contributed by atoms with Gasteiger partial charge in [0, 0.05) is 0 Å². The third kappa shape index (κ3) is 3.43. The number of benzene rings is 1. The normalized spacial score (nSPS) is 34.2. The van der Waals surface area contributed by atoms with Crippen LogP contribution in [0.1, 0.15) is 75.8 Å². The maximum absolute atomic E-state index is 14.0. The van der Waals surface area contributed by atoms with Crippen molar-refractivity contribution in [2.75, 3.05) is 0 Å². The second-order valence-electron chi connectivity index (χ2n) is 9.19. The van der Waals surface area contributed by atoms with Gasteiger partial charge >= 0.3 is 0 Å². The lowest BCUT2D eigenvalue weighted by atomic mass is 9.61. The van der Waals surface area contributed by atoms with Gasteiger partial charge in [-0.1, -0.05) is 26.2 Å². The van der Waals surface area contributed by atoms with Crippen LogP contribution in [0.25, 0.3) is 0 Å². The van der Waals surface area contributed by atoms with Crippen LogP contribution < -0.4 is 0 Å². The lowest BCUT2D eigenvalue weighted by molar-refractivity contribution is 0.0693. The zero-order valence-corrected chi connectivity index (χ0v) is 15.9. The number of hydrogen-bond donors (Lipinski definition) is 0. The first kappa shape index (κ1) is 18.4. The Morgan fingerprint density at radius 3 is 2.31 bits per heavy atom. The Balaban J connectivity index is 1.41. The Labute approximate surface area is 155 Å². The summed E-state index contributed by atoms with van der Waals surface area (Å²) in [6, 6.07) is 1.25. The van der Waals surface area contributed by atoms with Gasteiger partial charge in [-0.2, -0.15) is 0 Å². The molecule has 0 saturated heterocycles. The topological polar surface area (TPSA) is 0 Å². The fourth-order valence-electron chi connectivity index (χ4n) is 6.37. The van der Waals surface area contributed by atoms with E-state index in [1.165, 1.54) is 57.4 Å². The van der Waals surface area contributed by atoms with Crippen LogP contribution in [-0.2, 0) is 12.8 Å². The average Bonchev–Trinajstić information content (AvgIpc) is 2.65. The molecule has 2 fully saturated rings. The molecule has 0 bridgehead atoms. The van der Waals surface area contributed by atoms with Gasteiger partial charge in [0.1, 0.15) is 0 Å². The van der Waals surface area contributed by atoms with E-state index in [1.54, 1.807) is 0 Å². The molecule has 26 heavy (non-hydrogen) atoms. The van der Waals surface area contributed by atoms with Gasteiger partial charge in [0.2, 0.25) is 0 Å². The summed E-state index contributed by atoms with van der Waals surface area (Å²) in [4.78, 5) is 0. The molecule has 0 aromatic heterocycles. The Morgan fingerprint density at radius 2 is 1.54 bits per heavy atom. The maximum atomic E-state index is 14.0. The molecule has 3 aliphatic rings. The summed E-state index contributed by atoms with van der Waals surface area (Å²) >= 11 is 0. The summed E-state index contributed by atoms with van der Waals surface area (Å²) in [5.41, 5.74) is 1.14. The molecule has 4 rings (SSSR count). The molecule has 1 aromatic carbocycles. The summed E-state index contributed by atoms with van der Waals surface area (Å²) in [7, 11) is 0. The predicted octanol–water partition coefficient (Wildman–Crippen LogP) is 6.84. The van der Waals surface area contributed by atoms with Crippen molar-refractivity contribution in [2.45, 2.75) is 77.6 Å². The van der Waals surface area contributed by atoms with Crippen LogP contribution in [0.15, 0.2) is 6.07 Å². The first-order valence-electron chi connectivity index (χ1n) is 10.7. The van der Waals surface area contributed by atoms with Crippen molar-refractivity contribution >= 4 is 0 Å². The standard InChI is InChI=1S/C23H31F3/c1-2-3-14-4-5-16-11-17(7-6-15(16)10-14)18-8-9-20-19(12-18)13-21(24)23(26)22(20)25/h13-18H,2-12H2,1H3. The minimum Gasteiger partial charge on any atom is -0.204 e. The first-order chi connectivity index (χ1) is 12.6. The summed E-state index contributed by atoms with van der Waals surface area (Å²) in [5, 5.41) is 0. The van der Waals surface area contributed by atoms with Crippen LogP contribution in [0.2, 0.25) is 0 Å². The third-order valence-electron chi connectivity index (χ3n) is 7.73. The average molecular weight is 364 g/mol. The molecule has 0 amide bonds. The quantitative estimate of drug-likeness (QED) is 0.515. The number of halogens is 3. The van der Waals surface area contributed by atoms with Crippen molar-refractivity contribution in [1.29, 1.82) is 0 Å². The molecule has 3 aliphatic carbocycles. The SMILES string of the molecule is CCCC1CCC2CC(C3CCc4c(cc(F)c(F)c4F)C3)CCC2C1. The summed E-state index contributed by atoms with van der Waals surface area (Å²) in [6.07, 6.45) is 13.0. The minimum absolute atomic E-state index is 0.425. The molecule has 0 spiro atoms. The van der Waals surface area contributed by atoms with Gasteiger partial charge in [0.15, 0.2) is 17.5 Å². The van der Waals surface area contributed by atoms with Crippen molar-refractivity contribution in [3.05, 3.63) is 34.6 Å². The van der Waals surface area contributed by atoms with Crippen LogP contribution in [0.3, 0.4) is 0 Å². The molecule has 144 valence electrons. The van der Waals surface area contributed by atoms with E-state index in [9.17, 15) is 13.2 Å². The van der Waals surface area contributed by atoms with Gasteiger partial charge in [-0.05, 0) is 98.1 Å². The van der Waals surface area contributed by atoms with E-state index >= 15 is 0 Å². The van der Waals surface area contributed by atoms with E-state index in [-0.39, 0.29) is 0 Å². The van der Waals surface area contributed by atoms with Crippen LogP contribution in [-0.4, -0.2) is 0 Å². The molecular weight excluding hydrogens is 333 g/mol. The molecule has 1 aromatic rings. The van der Waals surface area contributed by atoms with Gasteiger partial charge in [0.25, 0.3) is 0 Å². The molecule has 0 nitrogen and oxygen atoms in total. The van der Waals surface area contributed by atoms with E-state index in [4.69, 9.17) is 0 Å². The van der Waals surface area contributed by atoms with Crippen LogP contribution in [0.5, 0.6) is 0 Å². The molecular formula is C23H31F3. The van der Waals surface area contributed by atoms with Crippen molar-refractivity contribution in [1.82, 2.24) is 0 Å². The van der Waals surface area contributed by atoms with E-state index in [0.717, 1.165) is 30.6 Å². The van der Waals surface area contributed by atoms with Crippen LogP contribution in [0, 0.1) is 47.0 Å². The highest BCUT2D eigenvalue weighted by Gasteiger charge is 2.39. The predicted molar refractivity (Wildman–Crippen MR) is 98.4 cm³/mol. The molecule has 0 radical (unpaired) electrons. The van der Waals surface area contributed by atoms with Crippen molar-refractivity contribution in [3.63, 3.8) is 0 Å². The maximum Gasteiger partial charge on any atom is 0.194 e. The zero-order valence-electron chi connectivity index (χ0n) is 15.9. The number of fused-ring (bicyclic) bond motifs is 2. The third-order valence-corrected chi connectivity index (χ3v) is 7.73. The summed E-state index contributed by atoms with van der Waals surface area (Å²) < 4.78 is 41.2. The van der Waals surface area contributed by atoms with Crippen molar-refractivity contribution < 1.29 is 13.2 Å². The second-order valence-corrected chi connectivity index (χ2v) is 9.19. The fourth-order valence-corrected chi connectivity index (χ4v) is 6.37. The first-order valence-corrected chi connectivity index (χ1v) is 10.7. The highest BCUT2D eigenvalue weighted by molar-refractivity contribution is 5.33. The molecule has 2 saturated carbocycles. The highest BCUT2D eigenvalue weighted by Crippen LogP contribution is 2.49. The highest BCUT2D eigenvalue weighted by atomic mass is 19.2. The van der Waals surface area contributed by atoms with Gasteiger partial charge < -0.3 is 0 Å². The van der Waals surface area contributed by atoms with Crippen LogP contribution in [0.4, 0.5) is 13.2 Å².